The van der Waals surface area contributed by atoms with Gasteiger partial charge in [0, 0.05) is 24.9 Å². The molecule has 0 bridgehead atoms. The Morgan fingerprint density at radius 3 is 2.44 bits per heavy atom. The predicted octanol–water partition coefficient (Wildman–Crippen LogP) is 1.73. The Labute approximate surface area is 144 Å². The van der Waals surface area contributed by atoms with Gasteiger partial charge in [0.2, 0.25) is 0 Å². The molecule has 0 radical (unpaired) electrons. The second-order valence-electron chi connectivity index (χ2n) is 5.91. The highest BCUT2D eigenvalue weighted by Crippen LogP contribution is 2.26. The number of nitrogens with zero attached hydrogens (tertiary/aromatic N) is 1. The first kappa shape index (κ1) is 18.4. The van der Waals surface area contributed by atoms with Crippen LogP contribution in [0.15, 0.2) is 47.4 Å². The Morgan fingerprint density at radius 1 is 1.24 bits per heavy atom. The molecule has 25 heavy (non-hydrogen) atoms. The second kappa shape index (κ2) is 7.29. The fraction of sp³-hybridized carbons (Fsp3) is 0.278. The summed E-state index contributed by atoms with van der Waals surface area (Å²) in [6.07, 6.45) is 1.33. The van der Waals surface area contributed by atoms with Crippen molar-refractivity contribution in [3.8, 4) is 0 Å². The number of ether oxygens (including phenoxy) is 1. The molecule has 0 aliphatic rings. The van der Waals surface area contributed by atoms with Crippen molar-refractivity contribution in [3.63, 3.8) is 0 Å². The van der Waals surface area contributed by atoms with E-state index in [1.165, 1.54) is 54.3 Å². The summed E-state index contributed by atoms with van der Waals surface area (Å²) >= 11 is 0. The molecule has 1 aromatic heterocycles. The minimum absolute atomic E-state index is 0.147. The normalized spacial score (nSPS) is 13.0. The van der Waals surface area contributed by atoms with Gasteiger partial charge in [0.05, 0.1) is 19.1 Å². The molecule has 1 heterocycles. The number of hydrogen-bond donors (Lipinski definition) is 1. The van der Waals surface area contributed by atoms with Gasteiger partial charge in [-0.2, -0.15) is 0 Å². The molecule has 0 saturated heterocycles. The monoisotopic (exact) mass is 346 g/mol. The Hall–Kier alpha value is -2.96. The van der Waals surface area contributed by atoms with Crippen LogP contribution in [0.4, 0.5) is 4.39 Å². The first-order valence-corrected chi connectivity index (χ1v) is 7.57. The van der Waals surface area contributed by atoms with Crippen molar-refractivity contribution in [2.45, 2.75) is 18.9 Å². The Kier molecular flexibility index (Phi) is 5.36. The van der Waals surface area contributed by atoms with Crippen molar-refractivity contribution >= 4 is 11.9 Å². The Balaban J connectivity index is 2.36. The van der Waals surface area contributed by atoms with Crippen LogP contribution in [-0.2, 0) is 22.1 Å². The zero-order chi connectivity index (χ0) is 18.6. The fourth-order valence-corrected chi connectivity index (χ4v) is 2.41. The quantitative estimate of drug-likeness (QED) is 0.837. The largest absolute Gasteiger partial charge is 0.469 e. The summed E-state index contributed by atoms with van der Waals surface area (Å²) in [5.74, 6) is -1.48. The third-order valence-electron chi connectivity index (χ3n) is 3.96. The number of amides is 1. The standard InChI is InChI=1S/C18H19FN2O4/c1-18(11-16(23)25-3,13-4-6-14(19)7-5-13)20-17(24)12-8-9-21(2)15(22)10-12/h4-10H,11H2,1-3H3,(H,20,24)/t18-/m0/s1. The highest BCUT2D eigenvalue weighted by Gasteiger charge is 2.32. The lowest BCUT2D eigenvalue weighted by Gasteiger charge is -2.30. The van der Waals surface area contributed by atoms with Crippen LogP contribution in [0.5, 0.6) is 0 Å². The maximum absolute atomic E-state index is 13.2. The highest BCUT2D eigenvalue weighted by molar-refractivity contribution is 5.95. The van der Waals surface area contributed by atoms with Crippen LogP contribution in [0.25, 0.3) is 0 Å². The number of pyridine rings is 1. The van der Waals surface area contributed by atoms with E-state index in [-0.39, 0.29) is 17.5 Å². The van der Waals surface area contributed by atoms with Gasteiger partial charge in [-0.05, 0) is 30.7 Å². The van der Waals surface area contributed by atoms with E-state index >= 15 is 0 Å². The molecule has 7 heteroatoms. The number of hydrogen-bond acceptors (Lipinski definition) is 4. The molecule has 0 fully saturated rings. The molecule has 2 aromatic rings. The number of aromatic nitrogens is 1. The molecule has 0 saturated carbocycles. The van der Waals surface area contributed by atoms with E-state index in [9.17, 15) is 18.8 Å². The van der Waals surface area contributed by atoms with Crippen LogP contribution in [0.3, 0.4) is 0 Å². The minimum Gasteiger partial charge on any atom is -0.469 e. The van der Waals surface area contributed by atoms with Gasteiger partial charge in [-0.25, -0.2) is 4.39 Å². The molecule has 1 atom stereocenters. The van der Waals surface area contributed by atoms with Gasteiger partial charge in [-0.3, -0.25) is 14.4 Å². The summed E-state index contributed by atoms with van der Waals surface area (Å²) in [5.41, 5.74) is -0.749. The van der Waals surface area contributed by atoms with Crippen molar-refractivity contribution in [1.82, 2.24) is 9.88 Å². The molecule has 0 spiro atoms. The zero-order valence-corrected chi connectivity index (χ0v) is 14.2. The first-order chi connectivity index (χ1) is 11.7. The van der Waals surface area contributed by atoms with E-state index in [0.717, 1.165) is 0 Å². The second-order valence-corrected chi connectivity index (χ2v) is 5.91. The molecule has 6 nitrogen and oxygen atoms in total. The summed E-state index contributed by atoms with van der Waals surface area (Å²) in [6, 6.07) is 8.17. The van der Waals surface area contributed by atoms with Gasteiger partial charge in [0.1, 0.15) is 5.82 Å². The molecule has 0 unspecified atom stereocenters. The predicted molar refractivity (Wildman–Crippen MR) is 89.5 cm³/mol. The minimum atomic E-state index is -1.13. The number of methoxy groups -OCH3 is 1. The summed E-state index contributed by atoms with van der Waals surface area (Å²) < 4.78 is 19.2. The van der Waals surface area contributed by atoms with Crippen LogP contribution < -0.4 is 10.9 Å². The van der Waals surface area contributed by atoms with Crippen molar-refractivity contribution in [1.29, 1.82) is 0 Å². The van der Waals surface area contributed by atoms with Gasteiger partial charge < -0.3 is 14.6 Å². The lowest BCUT2D eigenvalue weighted by molar-refractivity contribution is -0.142. The third-order valence-corrected chi connectivity index (χ3v) is 3.96. The van der Waals surface area contributed by atoms with Crippen molar-refractivity contribution in [2.24, 2.45) is 7.05 Å². The number of esters is 1. The summed E-state index contributed by atoms with van der Waals surface area (Å²) in [4.78, 5) is 36.0. The molecular weight excluding hydrogens is 327 g/mol. The molecular formula is C18H19FN2O4. The maximum Gasteiger partial charge on any atom is 0.308 e. The van der Waals surface area contributed by atoms with E-state index in [1.54, 1.807) is 14.0 Å². The molecule has 0 aliphatic heterocycles. The highest BCUT2D eigenvalue weighted by atomic mass is 19.1. The van der Waals surface area contributed by atoms with Crippen LogP contribution >= 0.6 is 0 Å². The van der Waals surface area contributed by atoms with E-state index in [1.807, 2.05) is 0 Å². The molecule has 132 valence electrons. The topological polar surface area (TPSA) is 77.4 Å². The van der Waals surface area contributed by atoms with E-state index < -0.39 is 23.2 Å². The summed E-state index contributed by atoms with van der Waals surface area (Å²) in [7, 11) is 2.82. The average Bonchev–Trinajstić information content (AvgIpc) is 2.57. The lowest BCUT2D eigenvalue weighted by Crippen LogP contribution is -2.45. The van der Waals surface area contributed by atoms with Gasteiger partial charge in [0.25, 0.3) is 11.5 Å². The van der Waals surface area contributed by atoms with Crippen molar-refractivity contribution < 1.29 is 18.7 Å². The maximum atomic E-state index is 13.2. The van der Waals surface area contributed by atoms with Crippen LogP contribution in [0.2, 0.25) is 0 Å². The van der Waals surface area contributed by atoms with Gasteiger partial charge >= 0.3 is 5.97 Å². The van der Waals surface area contributed by atoms with Gasteiger partial charge in [-0.1, -0.05) is 12.1 Å². The molecule has 1 amide bonds. The fourth-order valence-electron chi connectivity index (χ4n) is 2.41. The van der Waals surface area contributed by atoms with Crippen molar-refractivity contribution in [3.05, 3.63) is 69.9 Å². The number of rotatable bonds is 5. The number of aryl methyl sites for hydroxylation is 1. The molecule has 1 aromatic carbocycles. The van der Waals surface area contributed by atoms with E-state index in [2.05, 4.69) is 5.32 Å². The van der Waals surface area contributed by atoms with E-state index in [0.29, 0.717) is 5.56 Å². The Morgan fingerprint density at radius 2 is 1.88 bits per heavy atom. The number of carbonyl (C=O) groups is 2. The zero-order valence-electron chi connectivity index (χ0n) is 14.2. The van der Waals surface area contributed by atoms with Crippen molar-refractivity contribution in [2.75, 3.05) is 7.11 Å². The van der Waals surface area contributed by atoms with Crippen LogP contribution in [-0.4, -0.2) is 23.6 Å². The molecule has 1 N–H and O–H groups in total. The summed E-state index contributed by atoms with van der Waals surface area (Å²) in [5, 5.41) is 2.75. The Bertz CT molecular complexity index is 845. The number of halogens is 1. The van der Waals surface area contributed by atoms with Crippen LogP contribution in [0.1, 0.15) is 29.3 Å². The third kappa shape index (κ3) is 4.32. The number of carbonyl (C=O) groups excluding carboxylic acids is 2. The SMILES string of the molecule is COC(=O)C[C@](C)(NC(=O)c1ccn(C)c(=O)c1)c1ccc(F)cc1. The molecule has 2 rings (SSSR count). The smallest absolute Gasteiger partial charge is 0.308 e. The van der Waals surface area contributed by atoms with Gasteiger partial charge in [0.15, 0.2) is 0 Å². The lowest BCUT2D eigenvalue weighted by atomic mass is 9.88. The first-order valence-electron chi connectivity index (χ1n) is 7.57. The number of nitrogens with one attached hydrogen (secondary N) is 1. The van der Waals surface area contributed by atoms with Crippen LogP contribution in [0, 0.1) is 5.82 Å². The van der Waals surface area contributed by atoms with Gasteiger partial charge in [-0.15, -0.1) is 0 Å². The summed E-state index contributed by atoms with van der Waals surface area (Å²) in [6.45, 7) is 1.64. The van der Waals surface area contributed by atoms with E-state index in [4.69, 9.17) is 4.74 Å². The average molecular weight is 346 g/mol. The molecule has 0 aliphatic carbocycles. The number of benzene rings is 1.